The van der Waals surface area contributed by atoms with E-state index in [2.05, 4.69) is 15.3 Å². The minimum absolute atomic E-state index is 0.0406. The molecule has 0 saturated heterocycles. The van der Waals surface area contributed by atoms with Crippen molar-refractivity contribution in [2.24, 2.45) is 0 Å². The summed E-state index contributed by atoms with van der Waals surface area (Å²) in [7, 11) is 0. The van der Waals surface area contributed by atoms with Crippen LogP contribution in [0.25, 0.3) is 11.1 Å². The Labute approximate surface area is 174 Å². The standard InChI is InChI=1S/C23H23N3O4/c1-2-30-21(27)13-20(26-22(28)19-14-24-23(29)25-15-19)12-16-8-10-18(11-9-16)17-6-4-3-5-7-17/h3-11,14-15,20H,2,12-13H2,1H3,(H,26,28)(H,24,25,29)/t20-/m1/s1. The van der Waals surface area contributed by atoms with Gasteiger partial charge in [-0.2, -0.15) is 0 Å². The number of rotatable bonds is 8. The predicted molar refractivity (Wildman–Crippen MR) is 112 cm³/mol. The monoisotopic (exact) mass is 405 g/mol. The summed E-state index contributed by atoms with van der Waals surface area (Å²) in [5.41, 5.74) is 3.38. The van der Waals surface area contributed by atoms with E-state index in [1.165, 1.54) is 12.4 Å². The third-order valence-corrected chi connectivity index (χ3v) is 4.50. The van der Waals surface area contributed by atoms with Gasteiger partial charge in [-0.25, -0.2) is 9.97 Å². The first kappa shape index (κ1) is 21.0. The zero-order valence-corrected chi connectivity index (χ0v) is 16.6. The van der Waals surface area contributed by atoms with E-state index in [1.54, 1.807) is 6.92 Å². The highest BCUT2D eigenvalue weighted by Crippen LogP contribution is 2.20. The van der Waals surface area contributed by atoms with E-state index in [0.717, 1.165) is 16.7 Å². The Morgan fingerprint density at radius 1 is 1.00 bits per heavy atom. The minimum Gasteiger partial charge on any atom is -0.479 e. The molecule has 1 aromatic heterocycles. The molecule has 3 rings (SSSR count). The van der Waals surface area contributed by atoms with E-state index in [4.69, 9.17) is 4.74 Å². The molecule has 0 aliphatic rings. The molecule has 2 aromatic carbocycles. The Hall–Kier alpha value is -3.74. The van der Waals surface area contributed by atoms with Crippen molar-refractivity contribution in [1.82, 2.24) is 15.3 Å². The van der Waals surface area contributed by atoms with Crippen molar-refractivity contribution >= 4 is 11.9 Å². The van der Waals surface area contributed by atoms with Gasteiger partial charge >= 0.3 is 12.0 Å². The van der Waals surface area contributed by atoms with Crippen LogP contribution in [0.5, 0.6) is 6.01 Å². The molecular formula is C23H23N3O4. The molecule has 154 valence electrons. The quantitative estimate of drug-likeness (QED) is 0.558. The zero-order valence-electron chi connectivity index (χ0n) is 16.6. The molecular weight excluding hydrogens is 382 g/mol. The number of ether oxygens (including phenoxy) is 1. The summed E-state index contributed by atoms with van der Waals surface area (Å²) in [6, 6.07) is 17.1. The maximum atomic E-state index is 12.5. The lowest BCUT2D eigenvalue weighted by atomic mass is 9.99. The van der Waals surface area contributed by atoms with Gasteiger partial charge in [0.15, 0.2) is 0 Å². The van der Waals surface area contributed by atoms with Crippen molar-refractivity contribution in [3.05, 3.63) is 78.1 Å². The summed E-state index contributed by atoms with van der Waals surface area (Å²) in [6.45, 7) is 2.01. The lowest BCUT2D eigenvalue weighted by molar-refractivity contribution is -0.143. The van der Waals surface area contributed by atoms with Crippen molar-refractivity contribution < 1.29 is 19.4 Å². The molecule has 0 fully saturated rings. The SMILES string of the molecule is CCOC(=O)C[C@@H](Cc1ccc(-c2ccccc2)cc1)NC(=O)c1cnc(O)nc1. The van der Waals surface area contributed by atoms with Crippen molar-refractivity contribution in [3.8, 4) is 17.1 Å². The molecule has 1 heterocycles. The molecule has 30 heavy (non-hydrogen) atoms. The third kappa shape index (κ3) is 5.88. The number of aromatic nitrogens is 2. The number of esters is 1. The van der Waals surface area contributed by atoms with Gasteiger partial charge in [-0.3, -0.25) is 9.59 Å². The minimum atomic E-state index is -0.465. The van der Waals surface area contributed by atoms with Crippen LogP contribution in [0, 0.1) is 0 Å². The molecule has 1 atom stereocenters. The molecule has 2 N–H and O–H groups in total. The highest BCUT2D eigenvalue weighted by atomic mass is 16.5. The molecule has 0 unspecified atom stereocenters. The third-order valence-electron chi connectivity index (χ3n) is 4.50. The summed E-state index contributed by atoms with van der Waals surface area (Å²) in [4.78, 5) is 31.7. The number of aromatic hydroxyl groups is 1. The zero-order chi connectivity index (χ0) is 21.3. The van der Waals surface area contributed by atoms with Gasteiger partial charge in [-0.05, 0) is 30.0 Å². The molecule has 7 heteroatoms. The van der Waals surface area contributed by atoms with Crippen LogP contribution >= 0.6 is 0 Å². The summed E-state index contributed by atoms with van der Waals surface area (Å²) in [5, 5.41) is 12.0. The van der Waals surface area contributed by atoms with Gasteiger partial charge in [0.2, 0.25) is 0 Å². The van der Waals surface area contributed by atoms with Crippen LogP contribution in [0.2, 0.25) is 0 Å². The van der Waals surface area contributed by atoms with E-state index in [0.29, 0.717) is 6.42 Å². The van der Waals surface area contributed by atoms with Gasteiger partial charge in [0, 0.05) is 18.4 Å². The molecule has 0 aliphatic carbocycles. The largest absolute Gasteiger partial charge is 0.479 e. The molecule has 0 spiro atoms. The lowest BCUT2D eigenvalue weighted by Crippen LogP contribution is -2.38. The van der Waals surface area contributed by atoms with E-state index >= 15 is 0 Å². The number of hydrogen-bond donors (Lipinski definition) is 2. The molecule has 3 aromatic rings. The first-order chi connectivity index (χ1) is 14.5. The topological polar surface area (TPSA) is 101 Å². The fourth-order valence-electron chi connectivity index (χ4n) is 3.05. The van der Waals surface area contributed by atoms with Gasteiger partial charge in [0.1, 0.15) is 0 Å². The second kappa shape index (κ2) is 10.2. The fraction of sp³-hybridized carbons (Fsp3) is 0.217. The Bertz CT molecular complexity index is 974. The van der Waals surface area contributed by atoms with Gasteiger partial charge in [0.25, 0.3) is 5.91 Å². The van der Waals surface area contributed by atoms with E-state index < -0.39 is 18.0 Å². The molecule has 0 bridgehead atoms. The predicted octanol–water partition coefficient (Wildman–Crippen LogP) is 3.14. The van der Waals surface area contributed by atoms with Gasteiger partial charge in [0.05, 0.1) is 18.6 Å². The van der Waals surface area contributed by atoms with E-state index in [-0.39, 0.29) is 24.6 Å². The van der Waals surface area contributed by atoms with E-state index in [1.807, 2.05) is 54.6 Å². The first-order valence-corrected chi connectivity index (χ1v) is 9.67. The van der Waals surface area contributed by atoms with Crippen molar-refractivity contribution in [2.75, 3.05) is 6.61 Å². The molecule has 7 nitrogen and oxygen atoms in total. The van der Waals surface area contributed by atoms with Crippen LogP contribution in [0.4, 0.5) is 0 Å². The van der Waals surface area contributed by atoms with Crippen molar-refractivity contribution in [1.29, 1.82) is 0 Å². The number of nitrogens with zero attached hydrogens (tertiary/aromatic N) is 2. The average Bonchev–Trinajstić information content (AvgIpc) is 2.75. The summed E-state index contributed by atoms with van der Waals surface area (Å²) < 4.78 is 5.04. The van der Waals surface area contributed by atoms with Gasteiger partial charge in [-0.1, -0.05) is 54.6 Å². The number of amides is 1. The van der Waals surface area contributed by atoms with Crippen molar-refractivity contribution in [3.63, 3.8) is 0 Å². The Morgan fingerprint density at radius 3 is 2.27 bits per heavy atom. The fourth-order valence-corrected chi connectivity index (χ4v) is 3.05. The maximum Gasteiger partial charge on any atom is 0.313 e. The Morgan fingerprint density at radius 2 is 1.63 bits per heavy atom. The maximum absolute atomic E-state index is 12.5. The molecule has 0 aliphatic heterocycles. The smallest absolute Gasteiger partial charge is 0.313 e. The summed E-state index contributed by atoms with van der Waals surface area (Å²) in [6.07, 6.45) is 2.96. The van der Waals surface area contributed by atoms with Gasteiger partial charge < -0.3 is 15.2 Å². The summed E-state index contributed by atoms with van der Waals surface area (Å²) in [5.74, 6) is -0.809. The van der Waals surface area contributed by atoms with Gasteiger partial charge in [-0.15, -0.1) is 0 Å². The van der Waals surface area contributed by atoms with Crippen molar-refractivity contribution in [2.45, 2.75) is 25.8 Å². The normalized spacial score (nSPS) is 11.5. The second-order valence-electron chi connectivity index (χ2n) is 6.72. The molecule has 0 radical (unpaired) electrons. The van der Waals surface area contributed by atoms with Crippen LogP contribution < -0.4 is 5.32 Å². The first-order valence-electron chi connectivity index (χ1n) is 9.67. The van der Waals surface area contributed by atoms with Crippen LogP contribution in [0.1, 0.15) is 29.3 Å². The number of carbonyl (C=O) groups is 2. The number of hydrogen-bond acceptors (Lipinski definition) is 6. The highest BCUT2D eigenvalue weighted by Gasteiger charge is 2.19. The molecule has 1 amide bonds. The van der Waals surface area contributed by atoms with Crippen LogP contribution in [-0.4, -0.2) is 39.6 Å². The Kier molecular flexibility index (Phi) is 7.10. The second-order valence-corrected chi connectivity index (χ2v) is 6.72. The van der Waals surface area contributed by atoms with E-state index in [9.17, 15) is 14.7 Å². The van der Waals surface area contributed by atoms with Crippen LogP contribution in [0.3, 0.4) is 0 Å². The Balaban J connectivity index is 1.72. The number of benzene rings is 2. The molecule has 0 saturated carbocycles. The number of nitrogens with one attached hydrogen (secondary N) is 1. The highest BCUT2D eigenvalue weighted by molar-refractivity contribution is 5.94. The van der Waals surface area contributed by atoms with Crippen LogP contribution in [-0.2, 0) is 16.0 Å². The van der Waals surface area contributed by atoms with Crippen LogP contribution in [0.15, 0.2) is 67.0 Å². The number of carbonyl (C=O) groups excluding carboxylic acids is 2. The lowest BCUT2D eigenvalue weighted by Gasteiger charge is -2.18. The average molecular weight is 405 g/mol. The summed E-state index contributed by atoms with van der Waals surface area (Å²) >= 11 is 0.